The minimum atomic E-state index is -0.125. The number of carbonyl (C=O) groups is 1. The number of anilines is 1. The Morgan fingerprint density at radius 3 is 2.14 bits per heavy atom. The number of benzene rings is 2. The molecule has 1 N–H and O–H groups in total. The van der Waals surface area contributed by atoms with Crippen LogP contribution in [0.15, 0.2) is 54.2 Å². The lowest BCUT2D eigenvalue weighted by molar-refractivity contribution is -0.683. The monoisotopic (exact) mass is 620 g/mol. The third kappa shape index (κ3) is 12.3. The Morgan fingerprint density at radius 2 is 1.55 bits per heavy atom. The normalized spacial score (nSPS) is 11.5. The van der Waals surface area contributed by atoms with Crippen molar-refractivity contribution >= 4 is 23.1 Å². The predicted molar refractivity (Wildman–Crippen MR) is 187 cm³/mol. The maximum absolute atomic E-state index is 13.1. The molecule has 2 aromatic carbocycles. The van der Waals surface area contributed by atoms with E-state index in [0.29, 0.717) is 6.54 Å². The van der Waals surface area contributed by atoms with Crippen LogP contribution in [0.3, 0.4) is 0 Å². The van der Waals surface area contributed by atoms with Gasteiger partial charge in [-0.1, -0.05) is 134 Å². The van der Waals surface area contributed by atoms with Gasteiger partial charge in [-0.3, -0.25) is 4.90 Å². The van der Waals surface area contributed by atoms with Crippen LogP contribution < -0.4 is 19.5 Å². The van der Waals surface area contributed by atoms with Crippen LogP contribution in [0.2, 0.25) is 0 Å². The molecular formula is C38H58N3O2S+. The van der Waals surface area contributed by atoms with E-state index in [9.17, 15) is 4.79 Å². The van der Waals surface area contributed by atoms with Crippen LogP contribution in [0.4, 0.5) is 10.5 Å². The zero-order valence-corrected chi connectivity index (χ0v) is 29.2. The molecule has 0 bridgehead atoms. The zero-order valence-electron chi connectivity index (χ0n) is 28.4. The van der Waals surface area contributed by atoms with E-state index in [1.54, 1.807) is 18.4 Å². The van der Waals surface area contributed by atoms with E-state index in [0.717, 1.165) is 42.1 Å². The van der Waals surface area contributed by atoms with Gasteiger partial charge < -0.3 is 10.1 Å². The fraction of sp³-hybridized carbons (Fsp3) is 0.579. The summed E-state index contributed by atoms with van der Waals surface area (Å²) in [6.07, 6.45) is 18.2. The summed E-state index contributed by atoms with van der Waals surface area (Å²) >= 11 is 1.74. The molecule has 0 unspecified atom stereocenters. The maximum Gasteiger partial charge on any atom is 0.321 e. The number of ether oxygens (including phenoxy) is 1. The van der Waals surface area contributed by atoms with Crippen molar-refractivity contribution in [3.05, 3.63) is 75.7 Å². The van der Waals surface area contributed by atoms with Gasteiger partial charge in [0.25, 0.3) is 0 Å². The summed E-state index contributed by atoms with van der Waals surface area (Å²) in [5.74, 6) is 0.938. The van der Waals surface area contributed by atoms with E-state index < -0.39 is 0 Å². The second-order valence-corrected chi connectivity index (χ2v) is 14.4. The second-order valence-electron chi connectivity index (χ2n) is 13.3. The highest BCUT2D eigenvalue weighted by atomic mass is 32.1. The van der Waals surface area contributed by atoms with Crippen LogP contribution in [-0.4, -0.2) is 19.7 Å². The minimum absolute atomic E-state index is 0.0309. The van der Waals surface area contributed by atoms with Crippen LogP contribution in [0.25, 0.3) is 0 Å². The van der Waals surface area contributed by atoms with Gasteiger partial charge in [0.2, 0.25) is 5.51 Å². The minimum Gasteiger partial charge on any atom is -0.493 e. The topological polar surface area (TPSA) is 45.5 Å². The summed E-state index contributed by atoms with van der Waals surface area (Å²) in [6.45, 7) is 13.1. The third-order valence-corrected chi connectivity index (χ3v) is 9.07. The molecule has 44 heavy (non-hydrogen) atoms. The standard InChI is InChI=1S/C38H57N3O2S/c1-7-8-9-10-11-12-13-14-15-16-17-18-24-43-36-26-33(22-23-35(36)38(3,4)5)29-41(37(42)39-6)34-21-19-20-32(25-34)28-40-27-31(2)44-30-40/h19-23,25-27,30H,7-18,24,28-29H2,1-6H3/p+1. The lowest BCUT2D eigenvalue weighted by Crippen LogP contribution is -2.38. The smallest absolute Gasteiger partial charge is 0.321 e. The largest absolute Gasteiger partial charge is 0.493 e. The molecule has 5 nitrogen and oxygen atoms in total. The molecule has 3 rings (SSSR count). The Kier molecular flexibility index (Phi) is 15.2. The maximum atomic E-state index is 13.1. The van der Waals surface area contributed by atoms with Crippen molar-refractivity contribution in [2.45, 2.75) is 130 Å². The van der Waals surface area contributed by atoms with Crippen LogP contribution in [-0.2, 0) is 18.5 Å². The Balaban J connectivity index is 1.57. The molecule has 0 aliphatic rings. The fourth-order valence-electron chi connectivity index (χ4n) is 5.69. The first-order chi connectivity index (χ1) is 21.2. The number of unbranched alkanes of at least 4 members (excludes halogenated alkanes) is 11. The van der Waals surface area contributed by atoms with Crippen molar-refractivity contribution < 1.29 is 14.1 Å². The predicted octanol–water partition coefficient (Wildman–Crippen LogP) is 10.1. The highest BCUT2D eigenvalue weighted by Gasteiger charge is 2.22. The van der Waals surface area contributed by atoms with Crippen LogP contribution in [0.1, 0.15) is 126 Å². The SMILES string of the molecule is CCCCCCCCCCCCCCOc1cc(CN(C(=O)NC)c2cccc(C[n+]3csc(C)c3)c2)ccc1C(C)(C)C. The molecule has 0 fully saturated rings. The molecule has 1 aromatic heterocycles. The van der Waals surface area contributed by atoms with Crippen molar-refractivity contribution in [1.82, 2.24) is 5.32 Å². The number of aryl methyl sites for hydroxylation is 1. The molecule has 0 radical (unpaired) electrons. The molecule has 6 heteroatoms. The van der Waals surface area contributed by atoms with Crippen LogP contribution >= 0.6 is 11.3 Å². The van der Waals surface area contributed by atoms with E-state index in [2.05, 4.69) is 86.5 Å². The van der Waals surface area contributed by atoms with E-state index in [1.807, 2.05) is 17.0 Å². The highest BCUT2D eigenvalue weighted by molar-refractivity contribution is 7.09. The van der Waals surface area contributed by atoms with Gasteiger partial charge in [-0.25, -0.2) is 4.79 Å². The number of urea groups is 1. The molecule has 242 valence electrons. The van der Waals surface area contributed by atoms with E-state index in [1.165, 1.54) is 81.1 Å². The van der Waals surface area contributed by atoms with Gasteiger partial charge in [0.05, 0.1) is 18.0 Å². The molecule has 2 amide bonds. The summed E-state index contributed by atoms with van der Waals surface area (Å²) in [5.41, 5.74) is 6.41. The van der Waals surface area contributed by atoms with Gasteiger partial charge in [0.15, 0.2) is 12.7 Å². The number of amides is 2. The lowest BCUT2D eigenvalue weighted by atomic mass is 9.85. The first-order valence-corrected chi connectivity index (χ1v) is 17.9. The van der Waals surface area contributed by atoms with Gasteiger partial charge in [-0.05, 0) is 48.1 Å². The van der Waals surface area contributed by atoms with Crippen LogP contribution in [0, 0.1) is 6.92 Å². The number of thiazole rings is 1. The molecule has 0 atom stereocenters. The van der Waals surface area contributed by atoms with Crippen molar-refractivity contribution in [2.24, 2.45) is 0 Å². The van der Waals surface area contributed by atoms with Crippen molar-refractivity contribution in [3.63, 3.8) is 0 Å². The number of aromatic nitrogens is 1. The Bertz CT molecular complexity index is 1260. The molecule has 0 saturated heterocycles. The van der Waals surface area contributed by atoms with Crippen molar-refractivity contribution in [3.8, 4) is 5.75 Å². The first kappa shape index (κ1) is 35.6. The molecule has 0 saturated carbocycles. The zero-order chi connectivity index (χ0) is 31.8. The summed E-state index contributed by atoms with van der Waals surface area (Å²) in [6, 6.07) is 14.6. The number of hydrogen-bond donors (Lipinski definition) is 1. The second kappa shape index (κ2) is 18.8. The van der Waals surface area contributed by atoms with Crippen LogP contribution in [0.5, 0.6) is 5.75 Å². The summed E-state index contributed by atoms with van der Waals surface area (Å²) in [7, 11) is 1.69. The van der Waals surface area contributed by atoms with Gasteiger partial charge >= 0.3 is 6.03 Å². The lowest BCUT2D eigenvalue weighted by Gasteiger charge is -2.26. The van der Waals surface area contributed by atoms with E-state index in [-0.39, 0.29) is 11.4 Å². The average Bonchev–Trinajstić information content (AvgIpc) is 3.41. The van der Waals surface area contributed by atoms with Crippen molar-refractivity contribution in [2.75, 3.05) is 18.6 Å². The quantitative estimate of drug-likeness (QED) is 0.107. The molecular weight excluding hydrogens is 563 g/mol. The molecule has 0 aliphatic carbocycles. The Labute approximate surface area is 272 Å². The number of carbonyl (C=O) groups excluding carboxylic acids is 1. The molecule has 3 aromatic rings. The third-order valence-electron chi connectivity index (χ3n) is 8.22. The molecule has 0 aliphatic heterocycles. The van der Waals surface area contributed by atoms with E-state index in [4.69, 9.17) is 4.74 Å². The molecule has 1 heterocycles. The van der Waals surface area contributed by atoms with Gasteiger partial charge in [-0.2, -0.15) is 4.57 Å². The van der Waals surface area contributed by atoms with Gasteiger partial charge in [0.1, 0.15) is 5.75 Å². The summed E-state index contributed by atoms with van der Waals surface area (Å²) in [5, 5.41) is 2.84. The fourth-order valence-corrected chi connectivity index (χ4v) is 6.32. The Hall–Kier alpha value is -2.86. The number of hydrogen-bond acceptors (Lipinski definition) is 3. The van der Waals surface area contributed by atoms with Gasteiger partial charge in [-0.15, -0.1) is 0 Å². The number of nitrogens with one attached hydrogen (secondary N) is 1. The average molecular weight is 621 g/mol. The van der Waals surface area contributed by atoms with E-state index >= 15 is 0 Å². The highest BCUT2D eigenvalue weighted by Crippen LogP contribution is 2.33. The first-order valence-electron chi connectivity index (χ1n) is 17.0. The number of nitrogens with zero attached hydrogens (tertiary/aromatic N) is 2. The van der Waals surface area contributed by atoms with Crippen molar-refractivity contribution in [1.29, 1.82) is 0 Å². The summed E-state index contributed by atoms with van der Waals surface area (Å²) < 4.78 is 8.63. The number of rotatable bonds is 19. The molecule has 0 spiro atoms. The van der Waals surface area contributed by atoms with Gasteiger partial charge in [0, 0.05) is 18.3 Å². The Morgan fingerprint density at radius 1 is 0.886 bits per heavy atom. The summed E-state index contributed by atoms with van der Waals surface area (Å²) in [4.78, 5) is 16.2.